The zero-order valence-electron chi connectivity index (χ0n) is 14.0. The molecule has 26 heavy (non-hydrogen) atoms. The molecular formula is C17H18N4O3S2. The van der Waals surface area contributed by atoms with Crippen LogP contribution in [0.4, 0.5) is 4.79 Å². The van der Waals surface area contributed by atoms with Crippen molar-refractivity contribution in [2.75, 3.05) is 7.05 Å². The van der Waals surface area contributed by atoms with Crippen molar-refractivity contribution >= 4 is 37.6 Å². The van der Waals surface area contributed by atoms with Gasteiger partial charge in [-0.25, -0.2) is 22.9 Å². The Bertz CT molecular complexity index is 981. The molecule has 0 aliphatic carbocycles. The second kappa shape index (κ2) is 7.81. The van der Waals surface area contributed by atoms with Gasteiger partial charge in [-0.15, -0.1) is 11.3 Å². The highest BCUT2D eigenvalue weighted by molar-refractivity contribution is 7.89. The van der Waals surface area contributed by atoms with Crippen molar-refractivity contribution in [1.82, 2.24) is 20.3 Å². The summed E-state index contributed by atoms with van der Waals surface area (Å²) in [4.78, 5) is 16.6. The Hall–Kier alpha value is -2.49. The van der Waals surface area contributed by atoms with Crippen molar-refractivity contribution in [3.05, 3.63) is 59.1 Å². The van der Waals surface area contributed by atoms with E-state index in [9.17, 15) is 13.2 Å². The fraction of sp³-hybridized carbons (Fsp3) is 0.176. The molecule has 0 fully saturated rings. The zero-order chi connectivity index (χ0) is 18.6. The van der Waals surface area contributed by atoms with E-state index >= 15 is 0 Å². The molecule has 0 bridgehead atoms. The number of carbonyl (C=O) groups excluding carboxylic acids is 1. The minimum atomic E-state index is -3.45. The van der Waals surface area contributed by atoms with Gasteiger partial charge in [-0.3, -0.25) is 0 Å². The molecule has 1 heterocycles. The molecule has 0 radical (unpaired) electrons. The second-order valence-corrected chi connectivity index (χ2v) is 8.46. The van der Waals surface area contributed by atoms with Gasteiger partial charge in [0.05, 0.1) is 21.7 Å². The number of sulfonamides is 1. The number of thiazole rings is 1. The number of hydrogen-bond donors (Lipinski definition) is 3. The van der Waals surface area contributed by atoms with Gasteiger partial charge in [0.15, 0.2) is 0 Å². The Morgan fingerprint density at radius 3 is 2.42 bits per heavy atom. The maximum absolute atomic E-state index is 11.9. The van der Waals surface area contributed by atoms with E-state index in [-0.39, 0.29) is 10.9 Å². The first-order valence-electron chi connectivity index (χ1n) is 7.86. The molecule has 0 aliphatic rings. The molecule has 0 saturated carbocycles. The van der Waals surface area contributed by atoms with E-state index in [1.165, 1.54) is 19.2 Å². The number of para-hydroxylation sites is 1. The predicted octanol–water partition coefficient (Wildman–Crippen LogP) is 2.20. The quantitative estimate of drug-likeness (QED) is 0.601. The molecule has 1 aromatic heterocycles. The van der Waals surface area contributed by atoms with E-state index in [0.29, 0.717) is 13.1 Å². The summed E-state index contributed by atoms with van der Waals surface area (Å²) in [6.45, 7) is 0.649. The van der Waals surface area contributed by atoms with Crippen molar-refractivity contribution in [3.63, 3.8) is 0 Å². The summed E-state index contributed by atoms with van der Waals surface area (Å²) in [6, 6.07) is 13.8. The number of rotatable bonds is 6. The van der Waals surface area contributed by atoms with Crippen LogP contribution in [0, 0.1) is 0 Å². The molecule has 0 unspecified atom stereocenters. The van der Waals surface area contributed by atoms with Crippen LogP contribution in [0.25, 0.3) is 10.2 Å². The number of benzene rings is 2. The first-order chi connectivity index (χ1) is 12.5. The van der Waals surface area contributed by atoms with Crippen molar-refractivity contribution in [2.45, 2.75) is 18.0 Å². The average molecular weight is 390 g/mol. The summed E-state index contributed by atoms with van der Waals surface area (Å²) in [5.74, 6) is 0. The van der Waals surface area contributed by atoms with Gasteiger partial charge >= 0.3 is 6.03 Å². The molecule has 0 atom stereocenters. The number of hydrogen-bond acceptors (Lipinski definition) is 5. The molecule has 2 amide bonds. The lowest BCUT2D eigenvalue weighted by Gasteiger charge is -2.07. The minimum Gasteiger partial charge on any atom is -0.334 e. The van der Waals surface area contributed by atoms with E-state index in [4.69, 9.17) is 0 Å². The number of nitrogens with one attached hydrogen (secondary N) is 3. The third-order valence-corrected chi connectivity index (χ3v) is 6.16. The SMILES string of the molecule is CNS(=O)(=O)c1ccc(CNC(=O)NCc2nc3ccccc3s2)cc1. The van der Waals surface area contributed by atoms with Crippen LogP contribution in [0.2, 0.25) is 0 Å². The van der Waals surface area contributed by atoms with Crippen molar-refractivity contribution in [2.24, 2.45) is 0 Å². The molecule has 3 N–H and O–H groups in total. The summed E-state index contributed by atoms with van der Waals surface area (Å²) in [5.41, 5.74) is 1.72. The van der Waals surface area contributed by atoms with Gasteiger partial charge in [0.2, 0.25) is 10.0 Å². The number of carbonyl (C=O) groups is 1. The summed E-state index contributed by atoms with van der Waals surface area (Å²) in [6.07, 6.45) is 0. The second-order valence-electron chi connectivity index (χ2n) is 5.46. The van der Waals surface area contributed by atoms with Gasteiger partial charge in [0.1, 0.15) is 5.01 Å². The molecule has 3 rings (SSSR count). The lowest BCUT2D eigenvalue weighted by Crippen LogP contribution is -2.34. The Balaban J connectivity index is 1.51. The highest BCUT2D eigenvalue weighted by atomic mass is 32.2. The Kier molecular flexibility index (Phi) is 5.50. The first kappa shape index (κ1) is 18.3. The van der Waals surface area contributed by atoms with Crippen molar-refractivity contribution in [3.8, 4) is 0 Å². The number of amides is 2. The van der Waals surface area contributed by atoms with Crippen LogP contribution >= 0.6 is 11.3 Å². The van der Waals surface area contributed by atoms with Crippen LogP contribution in [0.5, 0.6) is 0 Å². The maximum Gasteiger partial charge on any atom is 0.315 e. The fourth-order valence-corrected chi connectivity index (χ4v) is 3.94. The highest BCUT2D eigenvalue weighted by Crippen LogP contribution is 2.21. The van der Waals surface area contributed by atoms with Crippen molar-refractivity contribution in [1.29, 1.82) is 0 Å². The summed E-state index contributed by atoms with van der Waals surface area (Å²) in [5, 5.41) is 6.34. The lowest BCUT2D eigenvalue weighted by atomic mass is 10.2. The number of aromatic nitrogens is 1. The third-order valence-electron chi connectivity index (χ3n) is 3.69. The van der Waals surface area contributed by atoms with E-state index in [1.807, 2.05) is 24.3 Å². The lowest BCUT2D eigenvalue weighted by molar-refractivity contribution is 0.240. The largest absolute Gasteiger partial charge is 0.334 e. The third kappa shape index (κ3) is 4.37. The topological polar surface area (TPSA) is 100 Å². The smallest absolute Gasteiger partial charge is 0.315 e. The van der Waals surface area contributed by atoms with E-state index in [1.54, 1.807) is 23.5 Å². The molecule has 0 saturated heterocycles. The monoisotopic (exact) mass is 390 g/mol. The average Bonchev–Trinajstić information content (AvgIpc) is 3.08. The van der Waals surface area contributed by atoms with E-state index in [2.05, 4.69) is 20.3 Å². The molecule has 9 heteroatoms. The van der Waals surface area contributed by atoms with Gasteiger partial charge in [-0.05, 0) is 36.9 Å². The Labute approximate surface area is 155 Å². The normalized spacial score (nSPS) is 11.4. The zero-order valence-corrected chi connectivity index (χ0v) is 15.7. The number of urea groups is 1. The van der Waals surface area contributed by atoms with Gasteiger partial charge in [-0.1, -0.05) is 24.3 Å². The van der Waals surface area contributed by atoms with Crippen LogP contribution in [0.1, 0.15) is 10.6 Å². The summed E-state index contributed by atoms with van der Waals surface area (Å²) in [7, 11) is -2.09. The van der Waals surface area contributed by atoms with Crippen molar-refractivity contribution < 1.29 is 13.2 Å². The molecule has 2 aromatic carbocycles. The van der Waals surface area contributed by atoms with Gasteiger partial charge in [0.25, 0.3) is 0 Å². The van der Waals surface area contributed by atoms with Gasteiger partial charge in [0, 0.05) is 6.54 Å². The molecular weight excluding hydrogens is 372 g/mol. The summed E-state index contributed by atoms with van der Waals surface area (Å²) < 4.78 is 26.7. The van der Waals surface area contributed by atoms with E-state index in [0.717, 1.165) is 20.8 Å². The Morgan fingerprint density at radius 2 is 1.73 bits per heavy atom. The summed E-state index contributed by atoms with van der Waals surface area (Å²) >= 11 is 1.54. The predicted molar refractivity (Wildman–Crippen MR) is 101 cm³/mol. The number of nitrogens with zero attached hydrogens (tertiary/aromatic N) is 1. The van der Waals surface area contributed by atoms with Crippen LogP contribution in [0.3, 0.4) is 0 Å². The molecule has 0 spiro atoms. The van der Waals surface area contributed by atoms with Crippen LogP contribution in [-0.4, -0.2) is 26.5 Å². The molecule has 0 aliphatic heterocycles. The van der Waals surface area contributed by atoms with Crippen LogP contribution in [0.15, 0.2) is 53.4 Å². The van der Waals surface area contributed by atoms with Gasteiger partial charge < -0.3 is 10.6 Å². The van der Waals surface area contributed by atoms with Gasteiger partial charge in [-0.2, -0.15) is 0 Å². The molecule has 3 aromatic rings. The molecule has 136 valence electrons. The van der Waals surface area contributed by atoms with E-state index < -0.39 is 10.0 Å². The fourth-order valence-electron chi connectivity index (χ4n) is 2.30. The maximum atomic E-state index is 11.9. The Morgan fingerprint density at radius 1 is 1.04 bits per heavy atom. The van der Waals surface area contributed by atoms with Crippen LogP contribution < -0.4 is 15.4 Å². The highest BCUT2D eigenvalue weighted by Gasteiger charge is 2.10. The first-order valence-corrected chi connectivity index (χ1v) is 10.2. The number of fused-ring (bicyclic) bond motifs is 1. The minimum absolute atomic E-state index is 0.184. The van der Waals surface area contributed by atoms with Crippen LogP contribution in [-0.2, 0) is 23.1 Å². The standard InChI is InChI=1S/C17H18N4O3S2/c1-18-26(23,24)13-8-6-12(7-9-13)10-19-17(22)20-11-16-21-14-4-2-3-5-15(14)25-16/h2-9,18H,10-11H2,1H3,(H2,19,20,22). The molecule has 7 nitrogen and oxygen atoms in total.